The van der Waals surface area contributed by atoms with Crippen LogP contribution in [-0.2, 0) is 4.79 Å². The number of hydrogen-bond donors (Lipinski definition) is 3. The normalized spacial score (nSPS) is 11.1. The summed E-state index contributed by atoms with van der Waals surface area (Å²) in [5, 5.41) is 24.1. The van der Waals surface area contributed by atoms with Crippen molar-refractivity contribution in [2.75, 3.05) is 11.9 Å². The van der Waals surface area contributed by atoms with Crippen molar-refractivity contribution in [1.29, 1.82) is 5.26 Å². The summed E-state index contributed by atoms with van der Waals surface area (Å²) in [5.74, 6) is -0.0468. The SMILES string of the molecule is Cc1ccc(N/C=C(/C#N)C(=O)NCC(C)C)c(O)c1. The van der Waals surface area contributed by atoms with Crippen LogP contribution in [0.2, 0.25) is 0 Å². The number of aromatic hydroxyl groups is 1. The highest BCUT2D eigenvalue weighted by atomic mass is 16.3. The number of aryl methyl sites for hydroxylation is 1. The summed E-state index contributed by atoms with van der Waals surface area (Å²) in [7, 11) is 0. The summed E-state index contributed by atoms with van der Waals surface area (Å²) in [6, 6.07) is 6.93. The molecule has 0 spiro atoms. The lowest BCUT2D eigenvalue weighted by molar-refractivity contribution is -0.117. The number of phenols is 1. The number of amides is 1. The van der Waals surface area contributed by atoms with Gasteiger partial charge in [0.25, 0.3) is 5.91 Å². The van der Waals surface area contributed by atoms with Gasteiger partial charge in [0.2, 0.25) is 0 Å². The Morgan fingerprint density at radius 2 is 2.20 bits per heavy atom. The molecule has 0 bridgehead atoms. The van der Waals surface area contributed by atoms with Gasteiger partial charge in [-0.2, -0.15) is 5.26 Å². The maximum atomic E-state index is 11.7. The fourth-order valence-electron chi connectivity index (χ4n) is 1.45. The lowest BCUT2D eigenvalue weighted by Gasteiger charge is -2.08. The van der Waals surface area contributed by atoms with Crippen molar-refractivity contribution in [2.45, 2.75) is 20.8 Å². The minimum atomic E-state index is -0.430. The first-order chi connectivity index (χ1) is 9.43. The molecule has 0 aliphatic rings. The second kappa shape index (κ2) is 7.19. The van der Waals surface area contributed by atoms with Gasteiger partial charge >= 0.3 is 0 Å². The monoisotopic (exact) mass is 273 g/mol. The van der Waals surface area contributed by atoms with Gasteiger partial charge in [-0.1, -0.05) is 19.9 Å². The lowest BCUT2D eigenvalue weighted by atomic mass is 10.2. The minimum absolute atomic E-state index is 0.0365. The smallest absolute Gasteiger partial charge is 0.263 e. The van der Waals surface area contributed by atoms with Crippen molar-refractivity contribution in [3.63, 3.8) is 0 Å². The van der Waals surface area contributed by atoms with Gasteiger partial charge in [0, 0.05) is 12.7 Å². The van der Waals surface area contributed by atoms with Gasteiger partial charge in [0.05, 0.1) is 5.69 Å². The van der Waals surface area contributed by atoms with Crippen LogP contribution in [0.3, 0.4) is 0 Å². The number of nitrogens with one attached hydrogen (secondary N) is 2. The zero-order valence-electron chi connectivity index (χ0n) is 11.9. The van der Waals surface area contributed by atoms with Gasteiger partial charge in [-0.15, -0.1) is 0 Å². The van der Waals surface area contributed by atoms with E-state index in [0.717, 1.165) is 5.56 Å². The Bertz CT molecular complexity index is 557. The molecular formula is C15H19N3O2. The first kappa shape index (κ1) is 15.6. The Kier molecular flexibility index (Phi) is 5.60. The van der Waals surface area contributed by atoms with Crippen LogP contribution in [0.15, 0.2) is 30.0 Å². The highest BCUT2D eigenvalue weighted by Gasteiger charge is 2.09. The molecule has 0 aromatic heterocycles. The van der Waals surface area contributed by atoms with Crippen LogP contribution in [-0.4, -0.2) is 17.6 Å². The molecule has 0 aliphatic carbocycles. The second-order valence-corrected chi connectivity index (χ2v) is 4.94. The van der Waals surface area contributed by atoms with Crippen molar-refractivity contribution in [3.05, 3.63) is 35.5 Å². The van der Waals surface area contributed by atoms with Crippen LogP contribution in [0, 0.1) is 24.2 Å². The second-order valence-electron chi connectivity index (χ2n) is 4.94. The third kappa shape index (κ3) is 4.65. The summed E-state index contributed by atoms with van der Waals surface area (Å²) in [5.41, 5.74) is 1.33. The Balaban J connectivity index is 2.75. The van der Waals surface area contributed by atoms with Crippen molar-refractivity contribution < 1.29 is 9.90 Å². The van der Waals surface area contributed by atoms with Crippen LogP contribution < -0.4 is 10.6 Å². The molecule has 20 heavy (non-hydrogen) atoms. The molecule has 5 heteroatoms. The third-order valence-corrected chi connectivity index (χ3v) is 2.56. The van der Waals surface area contributed by atoms with Crippen LogP contribution in [0.25, 0.3) is 0 Å². The number of benzene rings is 1. The number of nitrogens with zero attached hydrogens (tertiary/aromatic N) is 1. The number of phenolic OH excluding ortho intramolecular Hbond substituents is 1. The van der Waals surface area contributed by atoms with Gasteiger partial charge in [-0.05, 0) is 30.5 Å². The molecule has 5 nitrogen and oxygen atoms in total. The summed E-state index contributed by atoms with van der Waals surface area (Å²) in [6.45, 7) is 6.31. The predicted octanol–water partition coefficient (Wildman–Crippen LogP) is 2.29. The topological polar surface area (TPSA) is 85.2 Å². The van der Waals surface area contributed by atoms with E-state index in [2.05, 4.69) is 10.6 Å². The summed E-state index contributed by atoms with van der Waals surface area (Å²) < 4.78 is 0. The fraction of sp³-hybridized carbons (Fsp3) is 0.333. The minimum Gasteiger partial charge on any atom is -0.506 e. The van der Waals surface area contributed by atoms with E-state index in [-0.39, 0.29) is 11.3 Å². The predicted molar refractivity (Wildman–Crippen MR) is 78.0 cm³/mol. The van der Waals surface area contributed by atoms with Gasteiger partial charge in [-0.3, -0.25) is 4.79 Å². The summed E-state index contributed by atoms with van der Waals surface area (Å²) >= 11 is 0. The molecule has 0 atom stereocenters. The average Bonchev–Trinajstić information content (AvgIpc) is 2.39. The van der Waals surface area contributed by atoms with Gasteiger partial charge in [0.15, 0.2) is 0 Å². The van der Waals surface area contributed by atoms with E-state index < -0.39 is 5.91 Å². The van der Waals surface area contributed by atoms with Crippen LogP contribution in [0.4, 0.5) is 5.69 Å². The Hall–Kier alpha value is -2.48. The van der Waals surface area contributed by atoms with E-state index in [0.29, 0.717) is 18.2 Å². The van der Waals surface area contributed by atoms with Crippen molar-refractivity contribution in [2.24, 2.45) is 5.92 Å². The van der Waals surface area contributed by atoms with E-state index in [1.165, 1.54) is 6.20 Å². The quantitative estimate of drug-likeness (QED) is 0.436. The number of anilines is 1. The molecule has 0 fully saturated rings. The molecule has 1 rings (SSSR count). The van der Waals surface area contributed by atoms with Crippen molar-refractivity contribution >= 4 is 11.6 Å². The largest absolute Gasteiger partial charge is 0.506 e. The highest BCUT2D eigenvalue weighted by molar-refractivity contribution is 5.97. The van der Waals surface area contributed by atoms with Crippen LogP contribution in [0.1, 0.15) is 19.4 Å². The maximum absolute atomic E-state index is 11.7. The Morgan fingerprint density at radius 1 is 1.50 bits per heavy atom. The number of rotatable bonds is 5. The van der Waals surface area contributed by atoms with Crippen molar-refractivity contribution in [3.8, 4) is 11.8 Å². The van der Waals surface area contributed by atoms with Crippen molar-refractivity contribution in [1.82, 2.24) is 5.32 Å². The zero-order valence-corrected chi connectivity index (χ0v) is 11.9. The zero-order chi connectivity index (χ0) is 15.1. The first-order valence-electron chi connectivity index (χ1n) is 6.38. The van der Waals surface area contributed by atoms with Gasteiger partial charge < -0.3 is 15.7 Å². The molecule has 1 aromatic rings. The summed E-state index contributed by atoms with van der Waals surface area (Å²) in [4.78, 5) is 11.7. The number of carbonyl (C=O) groups is 1. The number of carbonyl (C=O) groups excluding carboxylic acids is 1. The standard InChI is InChI=1S/C15H19N3O2/c1-10(2)8-18-15(20)12(7-16)9-17-13-5-4-11(3)6-14(13)19/h4-6,9-10,17,19H,8H2,1-3H3,(H,18,20)/b12-9-. The number of nitriles is 1. The molecule has 106 valence electrons. The Labute approximate surface area is 118 Å². The molecule has 3 N–H and O–H groups in total. The molecule has 0 aliphatic heterocycles. The molecule has 0 saturated heterocycles. The molecule has 0 radical (unpaired) electrons. The van der Waals surface area contributed by atoms with E-state index in [1.54, 1.807) is 12.1 Å². The average molecular weight is 273 g/mol. The Morgan fingerprint density at radius 3 is 2.75 bits per heavy atom. The highest BCUT2D eigenvalue weighted by Crippen LogP contribution is 2.23. The lowest BCUT2D eigenvalue weighted by Crippen LogP contribution is -2.28. The molecule has 1 aromatic carbocycles. The van der Waals surface area contributed by atoms with E-state index in [9.17, 15) is 9.90 Å². The molecule has 1 amide bonds. The van der Waals surface area contributed by atoms with Crippen LogP contribution in [0.5, 0.6) is 5.75 Å². The summed E-state index contributed by atoms with van der Waals surface area (Å²) in [6.07, 6.45) is 1.29. The van der Waals surface area contributed by atoms with E-state index >= 15 is 0 Å². The third-order valence-electron chi connectivity index (χ3n) is 2.56. The van der Waals surface area contributed by atoms with Gasteiger partial charge in [0.1, 0.15) is 17.4 Å². The molecule has 0 heterocycles. The van der Waals surface area contributed by atoms with E-state index in [1.807, 2.05) is 32.9 Å². The molecule has 0 unspecified atom stereocenters. The molecule has 0 saturated carbocycles. The first-order valence-corrected chi connectivity index (χ1v) is 6.38. The van der Waals surface area contributed by atoms with E-state index in [4.69, 9.17) is 5.26 Å². The van der Waals surface area contributed by atoms with Crippen LogP contribution >= 0.6 is 0 Å². The number of hydrogen-bond acceptors (Lipinski definition) is 4. The fourth-order valence-corrected chi connectivity index (χ4v) is 1.45. The van der Waals surface area contributed by atoms with Gasteiger partial charge in [-0.25, -0.2) is 0 Å². The maximum Gasteiger partial charge on any atom is 0.263 e. The molecular weight excluding hydrogens is 254 g/mol.